The van der Waals surface area contributed by atoms with Gasteiger partial charge in [-0.15, -0.1) is 0 Å². The Morgan fingerprint density at radius 1 is 1.59 bits per heavy atom. The van der Waals surface area contributed by atoms with Crippen LogP contribution in [-0.4, -0.2) is 38.1 Å². The molecule has 0 radical (unpaired) electrons. The molecule has 17 heavy (non-hydrogen) atoms. The van der Waals surface area contributed by atoms with Crippen molar-refractivity contribution in [1.29, 1.82) is 0 Å². The summed E-state index contributed by atoms with van der Waals surface area (Å²) in [4.78, 5) is 24.5. The van der Waals surface area contributed by atoms with Gasteiger partial charge in [0.05, 0.1) is 12.2 Å². The van der Waals surface area contributed by atoms with Crippen LogP contribution in [0.15, 0.2) is 21.9 Å². The Kier molecular flexibility index (Phi) is 3.14. The number of aliphatic hydroxyl groups excluding tert-OH is 2. The number of nitrogens with zero attached hydrogens (tertiary/aromatic N) is 1. The first-order valence-electron chi connectivity index (χ1n) is 5.32. The smallest absolute Gasteiger partial charge is 0.330 e. The number of ether oxygens (including phenoxy) is 1. The second-order valence-corrected chi connectivity index (χ2v) is 4.12. The molecule has 1 aromatic heterocycles. The monoisotopic (exact) mass is 242 g/mol. The highest BCUT2D eigenvalue weighted by Gasteiger charge is 2.37. The zero-order chi connectivity index (χ0) is 12.6. The zero-order valence-electron chi connectivity index (χ0n) is 9.24. The van der Waals surface area contributed by atoms with Crippen molar-refractivity contribution in [3.05, 3.63) is 33.1 Å². The second-order valence-electron chi connectivity index (χ2n) is 4.12. The van der Waals surface area contributed by atoms with Crippen LogP contribution in [0.25, 0.3) is 0 Å². The second kappa shape index (κ2) is 4.44. The fourth-order valence-electron chi connectivity index (χ4n) is 1.94. The SMILES string of the molecule is CC(O)[C@H]1O[C@@H](n2ccc(=O)[nH]c2=O)C[C@@H]1O. The molecule has 1 saturated heterocycles. The number of H-pyrrole nitrogens is 1. The maximum Gasteiger partial charge on any atom is 0.330 e. The van der Waals surface area contributed by atoms with Crippen molar-refractivity contribution >= 4 is 0 Å². The molecule has 7 nitrogen and oxygen atoms in total. The van der Waals surface area contributed by atoms with Gasteiger partial charge >= 0.3 is 5.69 Å². The molecule has 0 spiro atoms. The van der Waals surface area contributed by atoms with E-state index >= 15 is 0 Å². The van der Waals surface area contributed by atoms with Crippen molar-refractivity contribution in [3.8, 4) is 0 Å². The van der Waals surface area contributed by atoms with E-state index in [-0.39, 0.29) is 6.42 Å². The Bertz CT molecular complexity index is 506. The summed E-state index contributed by atoms with van der Waals surface area (Å²) in [7, 11) is 0. The lowest BCUT2D eigenvalue weighted by atomic mass is 10.1. The molecule has 2 rings (SSSR count). The van der Waals surface area contributed by atoms with Gasteiger partial charge in [0.2, 0.25) is 0 Å². The summed E-state index contributed by atoms with van der Waals surface area (Å²) in [6.45, 7) is 1.51. The number of aliphatic hydroxyl groups is 2. The molecule has 1 unspecified atom stereocenters. The summed E-state index contributed by atoms with van der Waals surface area (Å²) in [5.74, 6) is 0. The van der Waals surface area contributed by atoms with E-state index in [1.807, 2.05) is 0 Å². The van der Waals surface area contributed by atoms with Gasteiger partial charge in [-0.25, -0.2) is 4.79 Å². The molecule has 1 fully saturated rings. The molecule has 0 saturated carbocycles. The van der Waals surface area contributed by atoms with E-state index in [1.165, 1.54) is 23.8 Å². The van der Waals surface area contributed by atoms with Crippen LogP contribution >= 0.6 is 0 Å². The lowest BCUT2D eigenvalue weighted by Crippen LogP contribution is -2.33. The predicted octanol–water partition coefficient (Wildman–Crippen LogP) is -1.43. The largest absolute Gasteiger partial charge is 0.391 e. The summed E-state index contributed by atoms with van der Waals surface area (Å²) in [5, 5.41) is 19.0. The van der Waals surface area contributed by atoms with E-state index in [0.29, 0.717) is 0 Å². The molecule has 2 heterocycles. The summed E-state index contributed by atoms with van der Waals surface area (Å²) in [6.07, 6.45) is -1.55. The fraction of sp³-hybridized carbons (Fsp3) is 0.600. The van der Waals surface area contributed by atoms with Crippen molar-refractivity contribution in [2.75, 3.05) is 0 Å². The number of nitrogens with one attached hydrogen (secondary N) is 1. The molecule has 94 valence electrons. The minimum atomic E-state index is -0.834. The van der Waals surface area contributed by atoms with Crippen LogP contribution in [0, 0.1) is 0 Å². The number of hydrogen-bond acceptors (Lipinski definition) is 5. The third kappa shape index (κ3) is 2.31. The number of hydrogen-bond donors (Lipinski definition) is 3. The van der Waals surface area contributed by atoms with Crippen LogP contribution in [0.5, 0.6) is 0 Å². The highest BCUT2D eigenvalue weighted by Crippen LogP contribution is 2.29. The molecular weight excluding hydrogens is 228 g/mol. The van der Waals surface area contributed by atoms with Gasteiger partial charge in [-0.05, 0) is 6.92 Å². The van der Waals surface area contributed by atoms with Gasteiger partial charge in [0.25, 0.3) is 5.56 Å². The summed E-state index contributed by atoms with van der Waals surface area (Å²) in [5.41, 5.74) is -1.09. The highest BCUT2D eigenvalue weighted by molar-refractivity contribution is 4.89. The van der Waals surface area contributed by atoms with Gasteiger partial charge in [-0.3, -0.25) is 14.3 Å². The molecule has 0 bridgehead atoms. The summed E-state index contributed by atoms with van der Waals surface area (Å²) in [6, 6.07) is 1.20. The molecule has 3 N–H and O–H groups in total. The van der Waals surface area contributed by atoms with E-state index in [2.05, 4.69) is 4.98 Å². The van der Waals surface area contributed by atoms with E-state index in [0.717, 1.165) is 0 Å². The minimum Gasteiger partial charge on any atom is -0.391 e. The number of aromatic nitrogens is 2. The van der Waals surface area contributed by atoms with Crippen LogP contribution in [0.3, 0.4) is 0 Å². The normalized spacial score (nSPS) is 30.4. The van der Waals surface area contributed by atoms with Gasteiger partial charge in [-0.2, -0.15) is 0 Å². The van der Waals surface area contributed by atoms with Crippen molar-refractivity contribution < 1.29 is 14.9 Å². The molecule has 7 heteroatoms. The molecule has 4 atom stereocenters. The molecule has 1 aromatic rings. The predicted molar refractivity (Wildman–Crippen MR) is 57.5 cm³/mol. The standard InChI is InChI=1S/C10H14N2O5/c1-5(13)9-6(14)4-8(17-9)12-3-2-7(15)11-10(12)16/h2-3,5-6,8-9,13-14H,4H2,1H3,(H,11,15,16)/t5?,6-,8+,9+/m0/s1. The van der Waals surface area contributed by atoms with Crippen LogP contribution in [0.1, 0.15) is 19.6 Å². The molecule has 0 aromatic carbocycles. The van der Waals surface area contributed by atoms with Gasteiger partial charge in [-0.1, -0.05) is 0 Å². The first kappa shape index (κ1) is 12.0. The Hall–Kier alpha value is -1.44. The van der Waals surface area contributed by atoms with Gasteiger partial charge < -0.3 is 14.9 Å². The van der Waals surface area contributed by atoms with Gasteiger partial charge in [0.1, 0.15) is 12.3 Å². The molecule has 1 aliphatic heterocycles. The van der Waals surface area contributed by atoms with Crippen molar-refractivity contribution in [2.45, 2.75) is 37.9 Å². The van der Waals surface area contributed by atoms with E-state index in [4.69, 9.17) is 4.74 Å². The van der Waals surface area contributed by atoms with E-state index in [1.54, 1.807) is 0 Å². The lowest BCUT2D eigenvalue weighted by Gasteiger charge is -2.17. The number of aromatic amines is 1. The third-order valence-electron chi connectivity index (χ3n) is 2.77. The average Bonchev–Trinajstić information content (AvgIpc) is 2.60. The quantitative estimate of drug-likeness (QED) is 0.589. The molecule has 0 amide bonds. The molecule has 1 aliphatic rings. The summed E-state index contributed by atoms with van der Waals surface area (Å²) >= 11 is 0. The number of rotatable bonds is 2. The average molecular weight is 242 g/mol. The van der Waals surface area contributed by atoms with Crippen LogP contribution in [0.4, 0.5) is 0 Å². The maximum absolute atomic E-state index is 11.5. The van der Waals surface area contributed by atoms with Crippen LogP contribution in [-0.2, 0) is 4.74 Å². The van der Waals surface area contributed by atoms with Gasteiger partial charge in [0.15, 0.2) is 0 Å². The van der Waals surface area contributed by atoms with Gasteiger partial charge in [0, 0.05) is 18.7 Å². The van der Waals surface area contributed by atoms with E-state index < -0.39 is 35.8 Å². The first-order chi connectivity index (χ1) is 7.99. The molecular formula is C10H14N2O5. The Morgan fingerprint density at radius 3 is 2.82 bits per heavy atom. The van der Waals surface area contributed by atoms with E-state index in [9.17, 15) is 19.8 Å². The highest BCUT2D eigenvalue weighted by atomic mass is 16.5. The van der Waals surface area contributed by atoms with Crippen molar-refractivity contribution in [1.82, 2.24) is 9.55 Å². The lowest BCUT2D eigenvalue weighted by molar-refractivity contribution is -0.0770. The van der Waals surface area contributed by atoms with Crippen molar-refractivity contribution in [3.63, 3.8) is 0 Å². The zero-order valence-corrected chi connectivity index (χ0v) is 9.24. The maximum atomic E-state index is 11.5. The Balaban J connectivity index is 2.26. The minimum absolute atomic E-state index is 0.196. The topological polar surface area (TPSA) is 105 Å². The third-order valence-corrected chi connectivity index (χ3v) is 2.77. The first-order valence-corrected chi connectivity index (χ1v) is 5.32. The fourth-order valence-corrected chi connectivity index (χ4v) is 1.94. The van der Waals surface area contributed by atoms with Crippen LogP contribution < -0.4 is 11.2 Å². The Labute approximate surface area is 96.3 Å². The summed E-state index contributed by atoms with van der Waals surface area (Å²) < 4.78 is 6.57. The Morgan fingerprint density at radius 2 is 2.29 bits per heavy atom. The van der Waals surface area contributed by atoms with Crippen molar-refractivity contribution in [2.24, 2.45) is 0 Å². The molecule has 0 aliphatic carbocycles. The van der Waals surface area contributed by atoms with Crippen LogP contribution in [0.2, 0.25) is 0 Å².